The van der Waals surface area contributed by atoms with E-state index in [9.17, 15) is 0 Å². The Bertz CT molecular complexity index is 416. The molecule has 1 saturated heterocycles. The maximum atomic E-state index is 3.73. The summed E-state index contributed by atoms with van der Waals surface area (Å²) in [5.41, 5.74) is 0.230. The smallest absolute Gasteiger partial charge is 0.0345 e. The number of thiophene rings is 1. The van der Waals surface area contributed by atoms with Gasteiger partial charge in [0.05, 0.1) is 0 Å². The van der Waals surface area contributed by atoms with Crippen molar-refractivity contribution in [2.75, 3.05) is 13.1 Å². The Morgan fingerprint density at radius 2 is 2.32 bits per heavy atom. The molecule has 0 saturated carbocycles. The van der Waals surface area contributed by atoms with Gasteiger partial charge in [0.15, 0.2) is 0 Å². The minimum Gasteiger partial charge on any atom is -0.311 e. The van der Waals surface area contributed by atoms with Crippen LogP contribution in [0.5, 0.6) is 0 Å². The van der Waals surface area contributed by atoms with Gasteiger partial charge in [0.25, 0.3) is 0 Å². The van der Waals surface area contributed by atoms with E-state index in [1.54, 1.807) is 0 Å². The van der Waals surface area contributed by atoms with Gasteiger partial charge in [0.1, 0.15) is 0 Å². The Morgan fingerprint density at radius 1 is 1.58 bits per heavy atom. The van der Waals surface area contributed by atoms with Crippen LogP contribution in [0.3, 0.4) is 0 Å². The third kappa shape index (κ3) is 3.60. The Kier molecular flexibility index (Phi) is 5.09. The molecule has 2 heterocycles. The average molecular weight is 345 g/mol. The van der Waals surface area contributed by atoms with Crippen molar-refractivity contribution in [3.8, 4) is 0 Å². The molecule has 108 valence electrons. The minimum atomic E-state index is 0.230. The third-order valence-corrected chi connectivity index (χ3v) is 6.34. The number of hydrogen-bond donors (Lipinski definition) is 1. The lowest BCUT2D eigenvalue weighted by atomic mass is 9.91. The molecule has 2 nitrogen and oxygen atoms in total. The van der Waals surface area contributed by atoms with Crippen LogP contribution >= 0.6 is 27.3 Å². The normalized spacial score (nSPS) is 25.4. The summed E-state index contributed by atoms with van der Waals surface area (Å²) in [7, 11) is 0. The molecule has 1 aliphatic heterocycles. The zero-order valence-electron chi connectivity index (χ0n) is 12.4. The maximum absolute atomic E-state index is 3.73. The van der Waals surface area contributed by atoms with Crippen LogP contribution in [-0.2, 0) is 6.54 Å². The predicted octanol–water partition coefficient (Wildman–Crippen LogP) is 4.11. The zero-order chi connectivity index (χ0) is 14.0. The first-order valence-electron chi connectivity index (χ1n) is 7.14. The number of rotatable bonds is 4. The molecule has 0 bridgehead atoms. The van der Waals surface area contributed by atoms with Crippen LogP contribution in [0.4, 0.5) is 0 Å². The van der Waals surface area contributed by atoms with Crippen molar-refractivity contribution in [2.45, 2.75) is 52.2 Å². The van der Waals surface area contributed by atoms with Gasteiger partial charge < -0.3 is 5.32 Å². The van der Waals surface area contributed by atoms with Crippen LogP contribution in [0, 0.1) is 5.92 Å². The van der Waals surface area contributed by atoms with Gasteiger partial charge in [0.2, 0.25) is 0 Å². The highest BCUT2D eigenvalue weighted by atomic mass is 79.9. The molecule has 1 aromatic rings. The Labute approximate surface area is 129 Å². The molecule has 4 heteroatoms. The molecule has 2 rings (SSSR count). The van der Waals surface area contributed by atoms with Crippen LogP contribution < -0.4 is 5.32 Å². The Hall–Kier alpha value is 0.1000. The summed E-state index contributed by atoms with van der Waals surface area (Å²) >= 11 is 5.51. The summed E-state index contributed by atoms with van der Waals surface area (Å²) in [4.78, 5) is 4.08. The van der Waals surface area contributed by atoms with E-state index >= 15 is 0 Å². The maximum Gasteiger partial charge on any atom is 0.0345 e. The van der Waals surface area contributed by atoms with Gasteiger partial charge >= 0.3 is 0 Å². The second-order valence-electron chi connectivity index (χ2n) is 6.26. The van der Waals surface area contributed by atoms with E-state index in [1.165, 1.54) is 15.8 Å². The highest BCUT2D eigenvalue weighted by Crippen LogP contribution is 2.29. The lowest BCUT2D eigenvalue weighted by Crippen LogP contribution is -2.62. The number of nitrogens with one attached hydrogen (secondary N) is 1. The van der Waals surface area contributed by atoms with Gasteiger partial charge in [-0.05, 0) is 47.1 Å². The van der Waals surface area contributed by atoms with Gasteiger partial charge in [-0.15, -0.1) is 11.3 Å². The van der Waals surface area contributed by atoms with Crippen LogP contribution in [0.2, 0.25) is 0 Å². The Balaban J connectivity index is 2.08. The summed E-state index contributed by atoms with van der Waals surface area (Å²) in [6.45, 7) is 12.6. The molecule has 1 aromatic heterocycles. The summed E-state index contributed by atoms with van der Waals surface area (Å²) < 4.78 is 1.26. The average Bonchev–Trinajstić information content (AvgIpc) is 2.76. The largest absolute Gasteiger partial charge is 0.311 e. The number of nitrogens with zero attached hydrogens (tertiary/aromatic N) is 1. The third-order valence-electron chi connectivity index (χ3n) is 4.43. The molecular formula is C15H25BrN2S. The van der Waals surface area contributed by atoms with E-state index in [0.29, 0.717) is 6.04 Å². The SMILES string of the molecule is CCC(C)C1CN(Cc2sccc2Br)C(C)(C)CN1. The summed E-state index contributed by atoms with van der Waals surface area (Å²) in [5.74, 6) is 0.741. The van der Waals surface area contributed by atoms with Crippen molar-refractivity contribution in [2.24, 2.45) is 5.92 Å². The molecule has 1 fully saturated rings. The first-order valence-corrected chi connectivity index (χ1v) is 8.81. The van der Waals surface area contributed by atoms with E-state index in [0.717, 1.165) is 25.6 Å². The standard InChI is InChI=1S/C15H25BrN2S/c1-5-11(2)13-8-18(15(3,4)10-17-13)9-14-12(16)6-7-19-14/h6-7,11,13,17H,5,8-10H2,1-4H3. The number of halogens is 1. The summed E-state index contributed by atoms with van der Waals surface area (Å²) in [6, 6.07) is 2.78. The van der Waals surface area contributed by atoms with Crippen LogP contribution in [-0.4, -0.2) is 29.6 Å². The first kappa shape index (κ1) is 15.5. The Morgan fingerprint density at radius 3 is 2.89 bits per heavy atom. The van der Waals surface area contributed by atoms with E-state index in [4.69, 9.17) is 0 Å². The highest BCUT2D eigenvalue weighted by Gasteiger charge is 2.35. The van der Waals surface area contributed by atoms with E-state index in [1.807, 2.05) is 11.3 Å². The van der Waals surface area contributed by atoms with Crippen LogP contribution in [0.25, 0.3) is 0 Å². The molecule has 19 heavy (non-hydrogen) atoms. The van der Waals surface area contributed by atoms with Crippen molar-refractivity contribution >= 4 is 27.3 Å². The first-order chi connectivity index (χ1) is 8.94. The zero-order valence-corrected chi connectivity index (χ0v) is 14.8. The number of piperazine rings is 1. The van der Waals surface area contributed by atoms with E-state index < -0.39 is 0 Å². The molecule has 0 aromatic carbocycles. The molecule has 1 aliphatic rings. The van der Waals surface area contributed by atoms with Gasteiger partial charge in [-0.2, -0.15) is 0 Å². The number of hydrogen-bond acceptors (Lipinski definition) is 3. The van der Waals surface area contributed by atoms with Crippen molar-refractivity contribution in [1.29, 1.82) is 0 Å². The lowest BCUT2D eigenvalue weighted by molar-refractivity contribution is 0.0456. The summed E-state index contributed by atoms with van der Waals surface area (Å²) in [6.07, 6.45) is 1.24. The molecule has 0 amide bonds. The van der Waals surface area contributed by atoms with Crippen molar-refractivity contribution < 1.29 is 0 Å². The van der Waals surface area contributed by atoms with Gasteiger partial charge in [-0.3, -0.25) is 4.90 Å². The van der Waals surface area contributed by atoms with Gasteiger partial charge in [-0.25, -0.2) is 0 Å². The van der Waals surface area contributed by atoms with Crippen molar-refractivity contribution in [1.82, 2.24) is 10.2 Å². The summed E-state index contributed by atoms with van der Waals surface area (Å²) in [5, 5.41) is 5.90. The fourth-order valence-corrected chi connectivity index (χ4v) is 4.09. The molecule has 2 atom stereocenters. The monoisotopic (exact) mass is 344 g/mol. The minimum absolute atomic E-state index is 0.230. The molecular weight excluding hydrogens is 320 g/mol. The van der Waals surface area contributed by atoms with Gasteiger partial charge in [-0.1, -0.05) is 20.3 Å². The van der Waals surface area contributed by atoms with Crippen LogP contribution in [0.15, 0.2) is 15.9 Å². The second kappa shape index (κ2) is 6.25. The fourth-order valence-electron chi connectivity index (χ4n) is 2.60. The second-order valence-corrected chi connectivity index (χ2v) is 8.11. The van der Waals surface area contributed by atoms with E-state index in [2.05, 4.69) is 65.3 Å². The molecule has 0 radical (unpaired) electrons. The van der Waals surface area contributed by atoms with Gasteiger partial charge in [0, 0.05) is 40.6 Å². The fraction of sp³-hybridized carbons (Fsp3) is 0.733. The molecule has 2 unspecified atom stereocenters. The topological polar surface area (TPSA) is 15.3 Å². The van der Waals surface area contributed by atoms with Crippen LogP contribution in [0.1, 0.15) is 39.0 Å². The molecule has 0 aliphatic carbocycles. The predicted molar refractivity (Wildman–Crippen MR) is 87.8 cm³/mol. The molecule has 0 spiro atoms. The van der Waals surface area contributed by atoms with E-state index in [-0.39, 0.29) is 5.54 Å². The lowest BCUT2D eigenvalue weighted by Gasteiger charge is -2.47. The highest BCUT2D eigenvalue weighted by molar-refractivity contribution is 9.10. The molecule has 1 N–H and O–H groups in total. The quantitative estimate of drug-likeness (QED) is 0.884. The van der Waals surface area contributed by atoms with Crippen molar-refractivity contribution in [3.05, 3.63) is 20.8 Å². The van der Waals surface area contributed by atoms with Crippen molar-refractivity contribution in [3.63, 3.8) is 0 Å².